The number of hydrogen-bond acceptors (Lipinski definition) is 1. The fraction of sp³-hybridized carbons (Fsp3) is 0.455. The van der Waals surface area contributed by atoms with Crippen molar-refractivity contribution in [3.63, 3.8) is 0 Å². The number of thiol groups is 1. The van der Waals surface area contributed by atoms with Crippen molar-refractivity contribution < 1.29 is 4.39 Å². The second-order valence-electron chi connectivity index (χ2n) is 3.76. The van der Waals surface area contributed by atoms with Gasteiger partial charge in [0.25, 0.3) is 0 Å². The van der Waals surface area contributed by atoms with E-state index in [1.165, 1.54) is 12.0 Å². The molecule has 13 heavy (non-hydrogen) atoms. The van der Waals surface area contributed by atoms with E-state index in [1.54, 1.807) is 6.07 Å². The molecule has 1 aromatic carbocycles. The first kappa shape index (κ1) is 9.07. The average Bonchev–Trinajstić information content (AvgIpc) is 2.12. The van der Waals surface area contributed by atoms with Crippen LogP contribution >= 0.6 is 12.6 Å². The maximum Gasteiger partial charge on any atom is 0.139 e. The van der Waals surface area contributed by atoms with Crippen LogP contribution in [0.2, 0.25) is 0 Å². The Kier molecular flexibility index (Phi) is 2.33. The predicted octanol–water partition coefficient (Wildman–Crippen LogP) is 3.55. The number of halogens is 1. The van der Waals surface area contributed by atoms with Crippen LogP contribution in [0.1, 0.15) is 36.8 Å². The van der Waals surface area contributed by atoms with Crippen LogP contribution in [0.15, 0.2) is 17.0 Å². The monoisotopic (exact) mass is 196 g/mol. The molecular weight excluding hydrogens is 183 g/mol. The Balaban J connectivity index is 2.56. The van der Waals surface area contributed by atoms with Gasteiger partial charge in [-0.25, -0.2) is 4.39 Å². The van der Waals surface area contributed by atoms with Crippen molar-refractivity contribution in [3.05, 3.63) is 29.1 Å². The predicted molar refractivity (Wildman–Crippen MR) is 55.0 cm³/mol. The molecule has 1 atom stereocenters. The van der Waals surface area contributed by atoms with Crippen molar-refractivity contribution in [2.75, 3.05) is 0 Å². The molecule has 0 aliphatic heterocycles. The fourth-order valence-corrected chi connectivity index (χ4v) is 2.29. The second-order valence-corrected chi connectivity index (χ2v) is 4.24. The largest absolute Gasteiger partial charge is 0.205 e. The molecule has 0 nitrogen and oxygen atoms in total. The van der Waals surface area contributed by atoms with Gasteiger partial charge in [0.05, 0.1) is 0 Å². The van der Waals surface area contributed by atoms with E-state index in [2.05, 4.69) is 19.6 Å². The van der Waals surface area contributed by atoms with E-state index in [4.69, 9.17) is 0 Å². The lowest BCUT2D eigenvalue weighted by molar-refractivity contribution is 0.529. The summed E-state index contributed by atoms with van der Waals surface area (Å²) in [7, 11) is 0. The highest BCUT2D eigenvalue weighted by atomic mass is 32.1. The third-order valence-electron chi connectivity index (χ3n) is 2.85. The van der Waals surface area contributed by atoms with E-state index in [0.717, 1.165) is 18.4 Å². The van der Waals surface area contributed by atoms with Gasteiger partial charge >= 0.3 is 0 Å². The van der Waals surface area contributed by atoms with Gasteiger partial charge in [-0.05, 0) is 42.4 Å². The van der Waals surface area contributed by atoms with Crippen molar-refractivity contribution >= 4 is 12.6 Å². The highest BCUT2D eigenvalue weighted by Gasteiger charge is 2.20. The molecule has 1 aliphatic rings. The van der Waals surface area contributed by atoms with Gasteiger partial charge in [-0.15, -0.1) is 12.6 Å². The first-order chi connectivity index (χ1) is 6.20. The molecule has 0 radical (unpaired) electrons. The summed E-state index contributed by atoms with van der Waals surface area (Å²) >= 11 is 4.09. The van der Waals surface area contributed by atoms with Crippen LogP contribution in [0.4, 0.5) is 4.39 Å². The Morgan fingerprint density at radius 1 is 1.46 bits per heavy atom. The molecule has 1 aliphatic carbocycles. The van der Waals surface area contributed by atoms with Crippen LogP contribution in [0.25, 0.3) is 0 Å². The molecule has 2 heteroatoms. The molecule has 0 aromatic heterocycles. The van der Waals surface area contributed by atoms with Crippen molar-refractivity contribution in [3.8, 4) is 0 Å². The van der Waals surface area contributed by atoms with Gasteiger partial charge in [-0.3, -0.25) is 0 Å². The summed E-state index contributed by atoms with van der Waals surface area (Å²) in [5.41, 5.74) is 2.08. The summed E-state index contributed by atoms with van der Waals surface area (Å²) < 4.78 is 13.6. The molecule has 0 fully saturated rings. The minimum absolute atomic E-state index is 0.104. The SMILES string of the molecule is CC1CCCc2c1ccc(S)c2F. The molecular formula is C11H13FS. The minimum atomic E-state index is -0.104. The normalized spacial score (nSPS) is 21.3. The lowest BCUT2D eigenvalue weighted by Gasteiger charge is -2.22. The topological polar surface area (TPSA) is 0 Å². The van der Waals surface area contributed by atoms with Gasteiger partial charge in [0, 0.05) is 4.90 Å². The van der Waals surface area contributed by atoms with Crippen LogP contribution in [0.3, 0.4) is 0 Å². The van der Waals surface area contributed by atoms with Gasteiger partial charge < -0.3 is 0 Å². The molecule has 0 saturated heterocycles. The zero-order valence-corrected chi connectivity index (χ0v) is 8.57. The van der Waals surface area contributed by atoms with Gasteiger partial charge in [-0.2, -0.15) is 0 Å². The summed E-state index contributed by atoms with van der Waals surface area (Å²) in [6, 6.07) is 3.78. The summed E-state index contributed by atoms with van der Waals surface area (Å²) in [5, 5.41) is 0. The zero-order valence-electron chi connectivity index (χ0n) is 7.68. The van der Waals surface area contributed by atoms with Crippen LogP contribution in [0.5, 0.6) is 0 Å². The summed E-state index contributed by atoms with van der Waals surface area (Å²) in [6.45, 7) is 2.16. The minimum Gasteiger partial charge on any atom is -0.205 e. The van der Waals surface area contributed by atoms with Crippen LogP contribution in [0, 0.1) is 5.82 Å². The maximum atomic E-state index is 13.6. The Hall–Kier alpha value is -0.500. The van der Waals surface area contributed by atoms with E-state index in [-0.39, 0.29) is 5.82 Å². The second kappa shape index (κ2) is 3.33. The average molecular weight is 196 g/mol. The third kappa shape index (κ3) is 1.48. The molecule has 1 unspecified atom stereocenters. The van der Waals surface area contributed by atoms with Gasteiger partial charge in [0.1, 0.15) is 5.82 Å². The fourth-order valence-electron chi connectivity index (χ4n) is 2.08. The van der Waals surface area contributed by atoms with Crippen molar-refractivity contribution in [1.29, 1.82) is 0 Å². The Morgan fingerprint density at radius 2 is 2.23 bits per heavy atom. The highest BCUT2D eigenvalue weighted by molar-refractivity contribution is 7.80. The molecule has 2 rings (SSSR count). The molecule has 0 saturated carbocycles. The number of rotatable bonds is 0. The molecule has 1 aromatic rings. The zero-order chi connectivity index (χ0) is 9.42. The lowest BCUT2D eigenvalue weighted by Crippen LogP contribution is -2.09. The number of hydrogen-bond donors (Lipinski definition) is 1. The smallest absolute Gasteiger partial charge is 0.139 e. The highest BCUT2D eigenvalue weighted by Crippen LogP contribution is 2.34. The Bertz CT molecular complexity index is 333. The summed E-state index contributed by atoms with van der Waals surface area (Å²) in [4.78, 5) is 0.479. The number of benzene rings is 1. The van der Waals surface area contributed by atoms with E-state index >= 15 is 0 Å². The molecule has 0 heterocycles. The van der Waals surface area contributed by atoms with Gasteiger partial charge in [0.15, 0.2) is 0 Å². The first-order valence-corrected chi connectivity index (χ1v) is 5.15. The maximum absolute atomic E-state index is 13.6. The standard InChI is InChI=1S/C11H13FS/c1-7-3-2-4-9-8(7)5-6-10(13)11(9)12/h5-7,13H,2-4H2,1H3. The summed E-state index contributed by atoms with van der Waals surface area (Å²) in [5.74, 6) is 0.402. The molecule has 0 amide bonds. The van der Waals surface area contributed by atoms with Crippen LogP contribution < -0.4 is 0 Å². The molecule has 70 valence electrons. The third-order valence-corrected chi connectivity index (χ3v) is 3.20. The van der Waals surface area contributed by atoms with Crippen molar-refractivity contribution in [1.82, 2.24) is 0 Å². The van der Waals surface area contributed by atoms with E-state index in [9.17, 15) is 4.39 Å². The van der Waals surface area contributed by atoms with Gasteiger partial charge in [0.2, 0.25) is 0 Å². The quantitative estimate of drug-likeness (QED) is 0.603. The summed E-state index contributed by atoms with van der Waals surface area (Å²) in [6.07, 6.45) is 3.15. The van der Waals surface area contributed by atoms with Crippen LogP contribution in [-0.2, 0) is 6.42 Å². The van der Waals surface area contributed by atoms with Crippen molar-refractivity contribution in [2.45, 2.75) is 37.0 Å². The van der Waals surface area contributed by atoms with Crippen LogP contribution in [-0.4, -0.2) is 0 Å². The molecule has 0 N–H and O–H groups in total. The van der Waals surface area contributed by atoms with E-state index in [1.807, 2.05) is 6.07 Å². The Morgan fingerprint density at radius 3 is 3.00 bits per heavy atom. The van der Waals surface area contributed by atoms with Gasteiger partial charge in [-0.1, -0.05) is 13.0 Å². The molecule has 0 spiro atoms. The number of fused-ring (bicyclic) bond motifs is 1. The van der Waals surface area contributed by atoms with E-state index < -0.39 is 0 Å². The van der Waals surface area contributed by atoms with E-state index in [0.29, 0.717) is 10.8 Å². The lowest BCUT2D eigenvalue weighted by atomic mass is 9.84. The first-order valence-electron chi connectivity index (χ1n) is 4.70. The Labute approximate surface area is 83.6 Å². The van der Waals surface area contributed by atoms with Crippen molar-refractivity contribution in [2.24, 2.45) is 0 Å². The molecule has 0 bridgehead atoms.